The van der Waals surface area contributed by atoms with Gasteiger partial charge in [-0.05, 0) is 37.8 Å². The van der Waals surface area contributed by atoms with Crippen LogP contribution in [0.2, 0.25) is 5.15 Å². The van der Waals surface area contributed by atoms with E-state index in [1.54, 1.807) is 10.9 Å². The summed E-state index contributed by atoms with van der Waals surface area (Å²) in [5, 5.41) is 9.52. The van der Waals surface area contributed by atoms with E-state index in [4.69, 9.17) is 11.6 Å². The van der Waals surface area contributed by atoms with Gasteiger partial charge in [-0.1, -0.05) is 11.6 Å². The van der Waals surface area contributed by atoms with Gasteiger partial charge in [0.05, 0.1) is 5.69 Å². The number of fused-ring (bicyclic) bond motifs is 1. The number of carboxylic acid groups (broad SMARTS) is 1. The quantitative estimate of drug-likeness (QED) is 0.857. The Hall–Kier alpha value is -1.88. The lowest BCUT2D eigenvalue weighted by Crippen LogP contribution is -2.12. The molecule has 0 spiro atoms. The van der Waals surface area contributed by atoms with Crippen molar-refractivity contribution in [2.24, 2.45) is 0 Å². The topological polar surface area (TPSA) is 68.0 Å². The molecule has 2 aromatic rings. The third-order valence-corrected chi connectivity index (χ3v) is 3.54. The molecule has 0 atom stereocenters. The van der Waals surface area contributed by atoms with Crippen LogP contribution in [-0.4, -0.2) is 25.6 Å². The molecule has 0 unspecified atom stereocenters. The number of pyridine rings is 1. The molecule has 0 saturated carbocycles. The highest BCUT2D eigenvalue weighted by molar-refractivity contribution is 6.29. The summed E-state index contributed by atoms with van der Waals surface area (Å²) < 4.78 is 1.75. The molecule has 0 bridgehead atoms. The maximum absolute atomic E-state index is 11.3. The first kappa shape index (κ1) is 12.2. The van der Waals surface area contributed by atoms with Crippen LogP contribution in [0.3, 0.4) is 0 Å². The number of aryl methyl sites for hydroxylation is 1. The first-order chi connectivity index (χ1) is 9.16. The van der Waals surface area contributed by atoms with Crippen molar-refractivity contribution in [3.63, 3.8) is 0 Å². The number of halogens is 1. The Morgan fingerprint density at radius 1 is 1.32 bits per heavy atom. The molecule has 0 saturated heterocycles. The van der Waals surface area contributed by atoms with E-state index in [1.165, 1.54) is 12.1 Å². The average molecular weight is 278 g/mol. The van der Waals surface area contributed by atoms with E-state index in [1.807, 2.05) is 0 Å². The number of carboxylic acids is 1. The van der Waals surface area contributed by atoms with Gasteiger partial charge in [-0.25, -0.2) is 14.8 Å². The molecule has 6 heteroatoms. The Balaban J connectivity index is 2.19. The van der Waals surface area contributed by atoms with Crippen LogP contribution in [0, 0.1) is 0 Å². The smallest absolute Gasteiger partial charge is 0.339 e. The lowest BCUT2D eigenvalue weighted by Gasteiger charge is -2.14. The van der Waals surface area contributed by atoms with Crippen LogP contribution in [0.15, 0.2) is 18.5 Å². The van der Waals surface area contributed by atoms with Crippen molar-refractivity contribution in [1.82, 2.24) is 14.5 Å². The summed E-state index contributed by atoms with van der Waals surface area (Å²) in [6.07, 6.45) is 5.68. The van der Waals surface area contributed by atoms with E-state index >= 15 is 0 Å². The number of rotatable bonds is 2. The molecule has 1 aliphatic carbocycles. The first-order valence-corrected chi connectivity index (χ1v) is 6.50. The molecule has 19 heavy (non-hydrogen) atoms. The zero-order chi connectivity index (χ0) is 13.4. The predicted octanol–water partition coefficient (Wildman–Crippen LogP) is 2.50. The fraction of sp³-hybridized carbons (Fsp3) is 0.308. The Bertz CT molecular complexity index is 651. The Kier molecular flexibility index (Phi) is 2.98. The highest BCUT2D eigenvalue weighted by Gasteiger charge is 2.20. The first-order valence-electron chi connectivity index (χ1n) is 6.12. The third kappa shape index (κ3) is 2.10. The van der Waals surface area contributed by atoms with E-state index in [0.717, 1.165) is 37.1 Å². The largest absolute Gasteiger partial charge is 0.478 e. The van der Waals surface area contributed by atoms with Crippen molar-refractivity contribution in [3.8, 4) is 5.82 Å². The summed E-state index contributed by atoms with van der Waals surface area (Å²) in [5.41, 5.74) is 2.21. The maximum Gasteiger partial charge on any atom is 0.339 e. The van der Waals surface area contributed by atoms with Gasteiger partial charge in [-0.15, -0.1) is 0 Å². The molecule has 98 valence electrons. The summed E-state index contributed by atoms with van der Waals surface area (Å²) in [6, 6.07) is 2.96. The van der Waals surface area contributed by atoms with Gasteiger partial charge in [0.1, 0.15) is 17.0 Å². The Morgan fingerprint density at radius 3 is 2.89 bits per heavy atom. The number of aromatic nitrogens is 3. The standard InChI is InChI=1S/C13H12ClN3O2/c14-11-6-5-8(13(18)19)12(16-11)17-7-15-9-3-1-2-4-10(9)17/h5-7H,1-4H2,(H,18,19). The summed E-state index contributed by atoms with van der Waals surface area (Å²) in [4.78, 5) is 19.8. The highest BCUT2D eigenvalue weighted by atomic mass is 35.5. The molecular weight excluding hydrogens is 266 g/mol. The molecule has 0 aliphatic heterocycles. The number of imidazole rings is 1. The Morgan fingerprint density at radius 2 is 2.11 bits per heavy atom. The second kappa shape index (κ2) is 4.66. The van der Waals surface area contributed by atoms with E-state index in [0.29, 0.717) is 5.82 Å². The van der Waals surface area contributed by atoms with Gasteiger partial charge in [0, 0.05) is 5.69 Å². The molecule has 5 nitrogen and oxygen atoms in total. The van der Waals surface area contributed by atoms with Gasteiger partial charge < -0.3 is 5.11 Å². The van der Waals surface area contributed by atoms with Gasteiger partial charge in [0.15, 0.2) is 5.82 Å². The van der Waals surface area contributed by atoms with E-state index in [2.05, 4.69) is 9.97 Å². The van der Waals surface area contributed by atoms with Crippen molar-refractivity contribution < 1.29 is 9.90 Å². The molecule has 3 rings (SSSR count). The van der Waals surface area contributed by atoms with Crippen molar-refractivity contribution in [2.75, 3.05) is 0 Å². The molecule has 1 aliphatic rings. The van der Waals surface area contributed by atoms with Crippen LogP contribution in [0.1, 0.15) is 34.6 Å². The van der Waals surface area contributed by atoms with E-state index in [-0.39, 0.29) is 10.7 Å². The highest BCUT2D eigenvalue weighted by Crippen LogP contribution is 2.24. The fourth-order valence-electron chi connectivity index (χ4n) is 2.43. The zero-order valence-corrected chi connectivity index (χ0v) is 10.9. The zero-order valence-electron chi connectivity index (χ0n) is 10.1. The number of hydrogen-bond donors (Lipinski definition) is 1. The van der Waals surface area contributed by atoms with Crippen LogP contribution in [0.5, 0.6) is 0 Å². The third-order valence-electron chi connectivity index (χ3n) is 3.33. The molecule has 0 aromatic carbocycles. The van der Waals surface area contributed by atoms with Crippen LogP contribution in [0.25, 0.3) is 5.82 Å². The molecule has 0 amide bonds. The minimum absolute atomic E-state index is 0.134. The van der Waals surface area contributed by atoms with Crippen LogP contribution < -0.4 is 0 Å². The summed E-state index contributed by atoms with van der Waals surface area (Å²) in [6.45, 7) is 0. The summed E-state index contributed by atoms with van der Waals surface area (Å²) in [5.74, 6) is -0.673. The van der Waals surface area contributed by atoms with Crippen LogP contribution >= 0.6 is 11.6 Å². The van der Waals surface area contributed by atoms with Crippen LogP contribution in [-0.2, 0) is 12.8 Å². The number of carbonyl (C=O) groups is 1. The van der Waals surface area contributed by atoms with E-state index < -0.39 is 5.97 Å². The second-order valence-electron chi connectivity index (χ2n) is 4.53. The molecule has 2 heterocycles. The van der Waals surface area contributed by atoms with Crippen molar-refractivity contribution in [2.45, 2.75) is 25.7 Å². The van der Waals surface area contributed by atoms with Gasteiger partial charge in [-0.2, -0.15) is 0 Å². The minimum Gasteiger partial charge on any atom is -0.478 e. The normalized spacial score (nSPS) is 14.2. The molecule has 1 N–H and O–H groups in total. The van der Waals surface area contributed by atoms with Crippen molar-refractivity contribution >= 4 is 17.6 Å². The lowest BCUT2D eigenvalue weighted by molar-refractivity contribution is 0.0696. The van der Waals surface area contributed by atoms with Crippen molar-refractivity contribution in [3.05, 3.63) is 40.6 Å². The van der Waals surface area contributed by atoms with E-state index in [9.17, 15) is 9.90 Å². The second-order valence-corrected chi connectivity index (χ2v) is 4.91. The minimum atomic E-state index is -1.02. The fourth-order valence-corrected chi connectivity index (χ4v) is 2.57. The van der Waals surface area contributed by atoms with Gasteiger partial charge in [0.25, 0.3) is 0 Å². The SMILES string of the molecule is O=C(O)c1ccc(Cl)nc1-n1cnc2c1CCCC2. The van der Waals surface area contributed by atoms with Gasteiger partial charge in [0.2, 0.25) is 0 Å². The molecular formula is C13H12ClN3O2. The van der Waals surface area contributed by atoms with Crippen LogP contribution in [0.4, 0.5) is 0 Å². The molecule has 2 aromatic heterocycles. The number of hydrogen-bond acceptors (Lipinski definition) is 3. The molecule has 0 radical (unpaired) electrons. The summed E-state index contributed by atoms with van der Waals surface area (Å²) >= 11 is 5.88. The number of aromatic carboxylic acids is 1. The monoisotopic (exact) mass is 277 g/mol. The Labute approximate surface area is 114 Å². The predicted molar refractivity (Wildman–Crippen MR) is 70.0 cm³/mol. The molecule has 0 fully saturated rings. The van der Waals surface area contributed by atoms with Crippen molar-refractivity contribution in [1.29, 1.82) is 0 Å². The number of nitrogens with zero attached hydrogens (tertiary/aromatic N) is 3. The average Bonchev–Trinajstić information content (AvgIpc) is 2.82. The lowest BCUT2D eigenvalue weighted by atomic mass is 10.0. The van der Waals surface area contributed by atoms with Gasteiger partial charge in [-0.3, -0.25) is 4.57 Å². The maximum atomic E-state index is 11.3. The van der Waals surface area contributed by atoms with Gasteiger partial charge >= 0.3 is 5.97 Å². The summed E-state index contributed by atoms with van der Waals surface area (Å²) in [7, 11) is 0.